The SMILES string of the molecule is Cc1c(C(=O)Nc2ccc(-c3ccc(S(=O)(=O)NC(C(=O)O)C(C)C)cc3)cc2)oc2ccc3ccccc3c12. The van der Waals surface area contributed by atoms with E-state index in [0.717, 1.165) is 32.8 Å². The summed E-state index contributed by atoms with van der Waals surface area (Å²) < 4.78 is 33.6. The molecule has 0 radical (unpaired) electrons. The number of benzene rings is 4. The molecule has 0 aliphatic heterocycles. The van der Waals surface area contributed by atoms with Crippen LogP contribution in [0.5, 0.6) is 0 Å². The molecule has 9 heteroatoms. The number of fused-ring (bicyclic) bond motifs is 3. The molecule has 1 amide bonds. The van der Waals surface area contributed by atoms with Gasteiger partial charge in [-0.2, -0.15) is 4.72 Å². The molecule has 0 saturated carbocycles. The summed E-state index contributed by atoms with van der Waals surface area (Å²) in [6.45, 7) is 5.15. The molecule has 204 valence electrons. The maximum Gasteiger partial charge on any atom is 0.322 e. The van der Waals surface area contributed by atoms with Crippen LogP contribution in [0.15, 0.2) is 94.2 Å². The van der Waals surface area contributed by atoms with Crippen molar-refractivity contribution in [2.75, 3.05) is 5.32 Å². The van der Waals surface area contributed by atoms with Gasteiger partial charge in [0.2, 0.25) is 10.0 Å². The van der Waals surface area contributed by atoms with Gasteiger partial charge in [-0.25, -0.2) is 8.42 Å². The Morgan fingerprint density at radius 2 is 1.48 bits per heavy atom. The highest BCUT2D eigenvalue weighted by Gasteiger charge is 2.28. The number of carbonyl (C=O) groups excluding carboxylic acids is 1. The number of hydrogen-bond acceptors (Lipinski definition) is 5. The molecule has 3 N–H and O–H groups in total. The fourth-order valence-electron chi connectivity index (χ4n) is 4.71. The van der Waals surface area contributed by atoms with Crippen LogP contribution in [0.3, 0.4) is 0 Å². The summed E-state index contributed by atoms with van der Waals surface area (Å²) in [7, 11) is -4.01. The van der Waals surface area contributed by atoms with Gasteiger partial charge in [0.25, 0.3) is 5.91 Å². The number of sulfonamides is 1. The van der Waals surface area contributed by atoms with Crippen LogP contribution in [0.25, 0.3) is 32.9 Å². The third-order valence-electron chi connectivity index (χ3n) is 6.88. The molecule has 1 unspecified atom stereocenters. The predicted molar refractivity (Wildman–Crippen MR) is 155 cm³/mol. The third kappa shape index (κ3) is 5.21. The lowest BCUT2D eigenvalue weighted by atomic mass is 10.0. The lowest BCUT2D eigenvalue weighted by Crippen LogP contribution is -2.44. The molecule has 0 aliphatic rings. The summed E-state index contributed by atoms with van der Waals surface area (Å²) in [5.41, 5.74) is 3.58. The molecule has 1 atom stereocenters. The molecule has 4 aromatic carbocycles. The highest BCUT2D eigenvalue weighted by molar-refractivity contribution is 7.89. The quantitative estimate of drug-likeness (QED) is 0.209. The fraction of sp³-hybridized carbons (Fsp3) is 0.161. The Morgan fingerprint density at radius 3 is 2.10 bits per heavy atom. The zero-order valence-electron chi connectivity index (χ0n) is 22.1. The first-order valence-electron chi connectivity index (χ1n) is 12.7. The molecule has 5 aromatic rings. The number of aliphatic carboxylic acids is 1. The lowest BCUT2D eigenvalue weighted by molar-refractivity contribution is -0.140. The highest BCUT2D eigenvalue weighted by Crippen LogP contribution is 2.33. The molecule has 0 saturated heterocycles. The maximum absolute atomic E-state index is 13.1. The number of carboxylic acids is 1. The van der Waals surface area contributed by atoms with Crippen molar-refractivity contribution in [1.29, 1.82) is 0 Å². The summed E-state index contributed by atoms with van der Waals surface area (Å²) in [5.74, 6) is -1.75. The van der Waals surface area contributed by atoms with Crippen molar-refractivity contribution in [1.82, 2.24) is 4.72 Å². The van der Waals surface area contributed by atoms with Crippen LogP contribution in [-0.2, 0) is 14.8 Å². The molecule has 1 aromatic heterocycles. The molecular formula is C31H28N2O6S. The van der Waals surface area contributed by atoms with E-state index in [0.29, 0.717) is 11.3 Å². The number of nitrogens with one attached hydrogen (secondary N) is 2. The fourth-order valence-corrected chi connectivity index (χ4v) is 6.05. The van der Waals surface area contributed by atoms with E-state index in [1.165, 1.54) is 12.1 Å². The Labute approximate surface area is 231 Å². The van der Waals surface area contributed by atoms with E-state index in [4.69, 9.17) is 4.42 Å². The summed E-state index contributed by atoms with van der Waals surface area (Å²) in [6, 6.07) is 23.9. The second-order valence-electron chi connectivity index (χ2n) is 9.95. The normalized spacial score (nSPS) is 12.6. The first kappa shape index (κ1) is 27.1. The van der Waals surface area contributed by atoms with Crippen LogP contribution in [0.2, 0.25) is 0 Å². The van der Waals surface area contributed by atoms with E-state index in [-0.39, 0.29) is 16.6 Å². The Bertz CT molecular complexity index is 1840. The Balaban J connectivity index is 1.32. The number of rotatable bonds is 8. The molecule has 8 nitrogen and oxygen atoms in total. The molecule has 0 fully saturated rings. The second kappa shape index (κ2) is 10.6. The Morgan fingerprint density at radius 1 is 0.850 bits per heavy atom. The minimum Gasteiger partial charge on any atom is -0.480 e. The van der Waals surface area contributed by atoms with E-state index in [1.807, 2.05) is 55.5 Å². The number of carbonyl (C=O) groups is 2. The zero-order chi connectivity index (χ0) is 28.6. The minimum absolute atomic E-state index is 0.0268. The van der Waals surface area contributed by atoms with Crippen molar-refractivity contribution >= 4 is 49.3 Å². The van der Waals surface area contributed by atoms with Crippen LogP contribution in [-0.4, -0.2) is 31.4 Å². The molecule has 0 spiro atoms. The van der Waals surface area contributed by atoms with E-state index < -0.39 is 28.0 Å². The highest BCUT2D eigenvalue weighted by atomic mass is 32.2. The largest absolute Gasteiger partial charge is 0.480 e. The van der Waals surface area contributed by atoms with Crippen molar-refractivity contribution in [3.63, 3.8) is 0 Å². The van der Waals surface area contributed by atoms with Crippen LogP contribution in [0, 0.1) is 12.8 Å². The van der Waals surface area contributed by atoms with Crippen molar-refractivity contribution in [2.24, 2.45) is 5.92 Å². The van der Waals surface area contributed by atoms with Crippen LogP contribution >= 0.6 is 0 Å². The number of hydrogen-bond donors (Lipinski definition) is 3. The maximum atomic E-state index is 13.1. The van der Waals surface area contributed by atoms with Crippen LogP contribution in [0.1, 0.15) is 30.0 Å². The molecule has 0 aliphatic carbocycles. The zero-order valence-corrected chi connectivity index (χ0v) is 23.0. The van der Waals surface area contributed by atoms with E-state index in [9.17, 15) is 23.1 Å². The Hall–Kier alpha value is -4.47. The van der Waals surface area contributed by atoms with Gasteiger partial charge < -0.3 is 14.8 Å². The van der Waals surface area contributed by atoms with E-state index in [2.05, 4.69) is 10.0 Å². The number of amides is 1. The topological polar surface area (TPSA) is 126 Å². The van der Waals surface area contributed by atoms with Gasteiger partial charge in [0, 0.05) is 16.6 Å². The van der Waals surface area contributed by atoms with Crippen molar-refractivity contribution in [2.45, 2.75) is 31.7 Å². The number of anilines is 1. The van der Waals surface area contributed by atoms with Crippen LogP contribution in [0.4, 0.5) is 5.69 Å². The van der Waals surface area contributed by atoms with E-state index >= 15 is 0 Å². The van der Waals surface area contributed by atoms with Gasteiger partial charge in [-0.05, 0) is 65.1 Å². The average molecular weight is 557 g/mol. The van der Waals surface area contributed by atoms with Crippen molar-refractivity contribution in [3.05, 3.63) is 96.3 Å². The predicted octanol–water partition coefficient (Wildman–Crippen LogP) is 6.20. The standard InChI is InChI=1S/C31H28N2O6S/c1-18(2)28(31(35)36)33-40(37,38)24-15-10-21(11-16-24)20-8-13-23(14-9-20)32-30(34)29-19(3)27-25-7-5-4-6-22(25)12-17-26(27)39-29/h4-18,28,33H,1-3H3,(H,32,34)(H,35,36). The summed E-state index contributed by atoms with van der Waals surface area (Å²) in [4.78, 5) is 24.5. The summed E-state index contributed by atoms with van der Waals surface area (Å²) in [5, 5.41) is 15.2. The van der Waals surface area contributed by atoms with Crippen molar-refractivity contribution < 1.29 is 27.5 Å². The van der Waals surface area contributed by atoms with Gasteiger partial charge in [-0.15, -0.1) is 0 Å². The van der Waals surface area contributed by atoms with Crippen LogP contribution < -0.4 is 10.0 Å². The molecule has 40 heavy (non-hydrogen) atoms. The van der Waals surface area contributed by atoms with Crippen molar-refractivity contribution in [3.8, 4) is 11.1 Å². The number of furan rings is 1. The Kier molecular flexibility index (Phi) is 7.18. The molecule has 0 bridgehead atoms. The number of aryl methyl sites for hydroxylation is 1. The lowest BCUT2D eigenvalue weighted by Gasteiger charge is -2.18. The smallest absolute Gasteiger partial charge is 0.322 e. The molecular weight excluding hydrogens is 528 g/mol. The molecule has 5 rings (SSSR count). The third-order valence-corrected chi connectivity index (χ3v) is 8.34. The first-order valence-corrected chi connectivity index (χ1v) is 14.2. The summed E-state index contributed by atoms with van der Waals surface area (Å²) >= 11 is 0. The first-order chi connectivity index (χ1) is 19.0. The van der Waals surface area contributed by atoms with Gasteiger partial charge in [0.05, 0.1) is 4.90 Å². The summed E-state index contributed by atoms with van der Waals surface area (Å²) in [6.07, 6.45) is 0. The second-order valence-corrected chi connectivity index (χ2v) is 11.7. The van der Waals surface area contributed by atoms with Gasteiger partial charge in [0.1, 0.15) is 11.6 Å². The monoisotopic (exact) mass is 556 g/mol. The van der Waals surface area contributed by atoms with E-state index in [1.54, 1.807) is 38.1 Å². The minimum atomic E-state index is -4.01. The average Bonchev–Trinajstić information content (AvgIpc) is 3.29. The van der Waals surface area contributed by atoms with Gasteiger partial charge in [0.15, 0.2) is 5.76 Å². The molecule has 1 heterocycles. The number of carboxylic acid groups (broad SMARTS) is 1. The van der Waals surface area contributed by atoms with Gasteiger partial charge in [-0.1, -0.05) is 68.4 Å². The van der Waals surface area contributed by atoms with Gasteiger partial charge in [-0.3, -0.25) is 9.59 Å². The van der Waals surface area contributed by atoms with Gasteiger partial charge >= 0.3 is 5.97 Å².